The van der Waals surface area contributed by atoms with Crippen LogP contribution in [0.2, 0.25) is 0 Å². The van der Waals surface area contributed by atoms with Crippen LogP contribution in [0.25, 0.3) is 0 Å². The summed E-state index contributed by atoms with van der Waals surface area (Å²) in [5, 5.41) is 12.6. The molecule has 0 fully saturated rings. The summed E-state index contributed by atoms with van der Waals surface area (Å²) in [7, 11) is 0. The number of hydrogen-bond donors (Lipinski definition) is 4. The first kappa shape index (κ1) is 14.3. The van der Waals surface area contributed by atoms with Gasteiger partial charge in [-0.1, -0.05) is 11.3 Å². The van der Waals surface area contributed by atoms with Gasteiger partial charge in [-0.25, -0.2) is 14.9 Å². The average molecular weight is 296 g/mol. The van der Waals surface area contributed by atoms with E-state index < -0.39 is 11.7 Å². The first-order chi connectivity index (χ1) is 9.51. The number of H-pyrrole nitrogens is 2. The summed E-state index contributed by atoms with van der Waals surface area (Å²) >= 11 is 1.30. The zero-order valence-corrected chi connectivity index (χ0v) is 12.2. The Morgan fingerprint density at radius 3 is 2.85 bits per heavy atom. The summed E-state index contributed by atoms with van der Waals surface area (Å²) in [5.74, 6) is 0.151. The van der Waals surface area contributed by atoms with Gasteiger partial charge in [-0.15, -0.1) is 0 Å². The van der Waals surface area contributed by atoms with Gasteiger partial charge in [0.2, 0.25) is 0 Å². The first-order valence-corrected chi connectivity index (χ1v) is 6.99. The van der Waals surface area contributed by atoms with Gasteiger partial charge in [0.15, 0.2) is 11.0 Å². The van der Waals surface area contributed by atoms with E-state index in [-0.39, 0.29) is 5.91 Å². The Balaban J connectivity index is 2.09. The predicted octanol–water partition coefficient (Wildman–Crippen LogP) is 0.786. The third kappa shape index (κ3) is 3.05. The van der Waals surface area contributed by atoms with E-state index in [1.807, 2.05) is 6.92 Å². The molecule has 1 amide bonds. The minimum absolute atomic E-state index is 0.236. The molecule has 0 saturated heterocycles. The van der Waals surface area contributed by atoms with Crippen molar-refractivity contribution in [1.82, 2.24) is 25.5 Å². The second kappa shape index (κ2) is 5.87. The number of aromatic nitrogens is 4. The van der Waals surface area contributed by atoms with Crippen molar-refractivity contribution in [3.8, 4) is 0 Å². The van der Waals surface area contributed by atoms with Gasteiger partial charge in [-0.05, 0) is 20.8 Å². The van der Waals surface area contributed by atoms with Crippen molar-refractivity contribution < 1.29 is 4.79 Å². The predicted molar refractivity (Wildman–Crippen MR) is 76.1 cm³/mol. The van der Waals surface area contributed by atoms with Crippen LogP contribution >= 0.6 is 11.3 Å². The summed E-state index contributed by atoms with van der Waals surface area (Å²) < 4.78 is 0. The van der Waals surface area contributed by atoms with Crippen molar-refractivity contribution in [3.63, 3.8) is 0 Å². The molecule has 2 aromatic heterocycles. The van der Waals surface area contributed by atoms with Crippen molar-refractivity contribution in [1.29, 1.82) is 0 Å². The second-order valence-corrected chi connectivity index (χ2v) is 5.22. The molecule has 0 bridgehead atoms. The molecule has 9 heteroatoms. The smallest absolute Gasteiger partial charge is 0.340 e. The normalized spacial score (nSPS) is 12.2. The fourth-order valence-electron chi connectivity index (χ4n) is 1.65. The highest BCUT2D eigenvalue weighted by Crippen LogP contribution is 2.22. The van der Waals surface area contributed by atoms with Crippen LogP contribution in [0.3, 0.4) is 0 Å². The lowest BCUT2D eigenvalue weighted by atomic mass is 10.3. The maximum Gasteiger partial charge on any atom is 0.340 e. The SMILES string of the molecule is CCNc1nc(C)c(C(=O)NC(C)c2n[nH]c(=O)[nH]2)s1. The number of thiazole rings is 1. The average Bonchev–Trinajstić information content (AvgIpc) is 2.96. The first-order valence-electron chi connectivity index (χ1n) is 6.18. The summed E-state index contributed by atoms with van der Waals surface area (Å²) in [5.41, 5.74) is 0.274. The molecule has 0 saturated carbocycles. The molecular formula is C11H16N6O2S. The number of rotatable bonds is 5. The van der Waals surface area contributed by atoms with Crippen molar-refractivity contribution in [2.45, 2.75) is 26.8 Å². The number of amides is 1. The van der Waals surface area contributed by atoms with Crippen LogP contribution in [0, 0.1) is 6.92 Å². The third-order valence-electron chi connectivity index (χ3n) is 2.61. The van der Waals surface area contributed by atoms with Crippen LogP contribution < -0.4 is 16.3 Å². The number of aryl methyl sites for hydroxylation is 1. The fourth-order valence-corrected chi connectivity index (χ4v) is 2.59. The molecule has 8 nitrogen and oxygen atoms in total. The van der Waals surface area contributed by atoms with Crippen LogP contribution in [0.5, 0.6) is 0 Å². The zero-order valence-electron chi connectivity index (χ0n) is 11.4. The lowest BCUT2D eigenvalue weighted by Crippen LogP contribution is -2.27. The van der Waals surface area contributed by atoms with Crippen LogP contribution in [-0.2, 0) is 0 Å². The monoisotopic (exact) mass is 296 g/mol. The van der Waals surface area contributed by atoms with E-state index in [4.69, 9.17) is 0 Å². The van der Waals surface area contributed by atoms with Crippen molar-refractivity contribution >= 4 is 22.4 Å². The van der Waals surface area contributed by atoms with Gasteiger partial charge < -0.3 is 10.6 Å². The summed E-state index contributed by atoms with van der Waals surface area (Å²) in [6.45, 7) is 6.24. The quantitative estimate of drug-likeness (QED) is 0.651. The number of anilines is 1. The van der Waals surface area contributed by atoms with Gasteiger partial charge in [0.1, 0.15) is 4.88 Å². The minimum Gasteiger partial charge on any atom is -0.362 e. The highest BCUT2D eigenvalue weighted by atomic mass is 32.1. The molecule has 4 N–H and O–H groups in total. The molecular weight excluding hydrogens is 280 g/mol. The van der Waals surface area contributed by atoms with Crippen LogP contribution in [0.1, 0.15) is 41.1 Å². The molecule has 0 radical (unpaired) electrons. The number of aromatic amines is 2. The molecule has 108 valence electrons. The molecule has 2 heterocycles. The van der Waals surface area contributed by atoms with Crippen molar-refractivity contribution in [2.75, 3.05) is 11.9 Å². The second-order valence-electron chi connectivity index (χ2n) is 4.22. The van der Waals surface area contributed by atoms with Crippen molar-refractivity contribution in [2.24, 2.45) is 0 Å². The van der Waals surface area contributed by atoms with E-state index in [0.29, 0.717) is 16.4 Å². The van der Waals surface area contributed by atoms with Crippen molar-refractivity contribution in [3.05, 3.63) is 26.9 Å². The highest BCUT2D eigenvalue weighted by Gasteiger charge is 2.19. The summed E-state index contributed by atoms with van der Waals surface area (Å²) in [4.78, 5) is 30.5. The van der Waals surface area contributed by atoms with Gasteiger partial charge in [0, 0.05) is 6.54 Å². The lowest BCUT2D eigenvalue weighted by molar-refractivity contribution is 0.0941. The Labute approximate surface area is 119 Å². The Hall–Kier alpha value is -2.16. The maximum absolute atomic E-state index is 12.2. The minimum atomic E-state index is -0.399. The van der Waals surface area contributed by atoms with Gasteiger partial charge in [-0.3, -0.25) is 9.78 Å². The lowest BCUT2D eigenvalue weighted by Gasteiger charge is -2.09. The number of carbonyl (C=O) groups is 1. The van der Waals surface area contributed by atoms with E-state index in [9.17, 15) is 9.59 Å². The van der Waals surface area contributed by atoms with Gasteiger partial charge >= 0.3 is 5.69 Å². The molecule has 2 aromatic rings. The van der Waals surface area contributed by atoms with E-state index >= 15 is 0 Å². The van der Waals surface area contributed by atoms with Gasteiger partial charge in [-0.2, -0.15) is 5.10 Å². The molecule has 0 aliphatic rings. The Kier molecular flexibility index (Phi) is 4.18. The molecule has 20 heavy (non-hydrogen) atoms. The molecule has 1 atom stereocenters. The standard InChI is InChI=1S/C11H16N6O2S/c1-4-12-11-14-5(2)7(20-11)9(18)13-6(3)8-15-10(19)17-16-8/h6H,4H2,1-3H3,(H,12,14)(H,13,18)(H2,15,16,17,19). The highest BCUT2D eigenvalue weighted by molar-refractivity contribution is 7.17. The Morgan fingerprint density at radius 2 is 2.25 bits per heavy atom. The molecule has 0 aliphatic heterocycles. The molecule has 1 unspecified atom stereocenters. The summed E-state index contributed by atoms with van der Waals surface area (Å²) in [6.07, 6.45) is 0. The van der Waals surface area contributed by atoms with Gasteiger partial charge in [0.05, 0.1) is 11.7 Å². The number of nitrogens with one attached hydrogen (secondary N) is 4. The van der Waals surface area contributed by atoms with Crippen LogP contribution in [0.4, 0.5) is 5.13 Å². The number of nitrogens with zero attached hydrogens (tertiary/aromatic N) is 2. The molecule has 0 aromatic carbocycles. The zero-order chi connectivity index (χ0) is 14.7. The maximum atomic E-state index is 12.2. The van der Waals surface area contributed by atoms with E-state index in [1.54, 1.807) is 13.8 Å². The molecule has 0 spiro atoms. The fraction of sp³-hybridized carbons (Fsp3) is 0.455. The summed E-state index contributed by atoms with van der Waals surface area (Å²) in [6, 6.07) is -0.398. The Bertz CT molecular complexity index is 658. The van der Waals surface area contributed by atoms with Gasteiger partial charge in [0.25, 0.3) is 5.91 Å². The largest absolute Gasteiger partial charge is 0.362 e. The van der Waals surface area contributed by atoms with E-state index in [0.717, 1.165) is 11.7 Å². The number of carbonyl (C=O) groups excluding carboxylic acids is 1. The van der Waals surface area contributed by atoms with Crippen LogP contribution in [-0.4, -0.2) is 32.6 Å². The topological polar surface area (TPSA) is 116 Å². The number of hydrogen-bond acceptors (Lipinski definition) is 6. The molecule has 2 rings (SSSR count). The third-order valence-corrected chi connectivity index (χ3v) is 3.72. The molecule has 0 aliphatic carbocycles. The van der Waals surface area contributed by atoms with Crippen LogP contribution in [0.15, 0.2) is 4.79 Å². The van der Waals surface area contributed by atoms with E-state index in [1.165, 1.54) is 11.3 Å². The van der Waals surface area contributed by atoms with E-state index in [2.05, 4.69) is 30.8 Å². The Morgan fingerprint density at radius 1 is 1.50 bits per heavy atom.